The van der Waals surface area contributed by atoms with Gasteiger partial charge in [0.2, 0.25) is 0 Å². The molecule has 0 aliphatic heterocycles. The molecule has 0 amide bonds. The third-order valence-electron chi connectivity index (χ3n) is 4.07. The van der Waals surface area contributed by atoms with Crippen LogP contribution in [0.2, 0.25) is 10.0 Å². The predicted molar refractivity (Wildman–Crippen MR) is 116 cm³/mol. The van der Waals surface area contributed by atoms with Crippen molar-refractivity contribution in [3.05, 3.63) is 91.9 Å². The molecule has 0 heterocycles. The maximum atomic E-state index is 12.2. The zero-order chi connectivity index (χ0) is 20.1. The van der Waals surface area contributed by atoms with E-state index in [1.54, 1.807) is 24.3 Å². The monoisotopic (exact) mass is 478 g/mol. The highest BCUT2D eigenvalue weighted by Crippen LogP contribution is 2.37. The van der Waals surface area contributed by atoms with E-state index in [1.165, 1.54) is 6.92 Å². The summed E-state index contributed by atoms with van der Waals surface area (Å²) in [6.07, 6.45) is 0. The van der Waals surface area contributed by atoms with Crippen LogP contribution in [-0.4, -0.2) is 5.78 Å². The number of benzene rings is 3. The molecule has 3 aromatic rings. The van der Waals surface area contributed by atoms with Crippen molar-refractivity contribution >= 4 is 44.9 Å². The molecule has 0 N–H and O–H groups in total. The Kier molecular flexibility index (Phi) is 7.00. The van der Waals surface area contributed by atoms with Crippen LogP contribution in [0.15, 0.2) is 65.1 Å². The van der Waals surface area contributed by atoms with Gasteiger partial charge >= 0.3 is 0 Å². The van der Waals surface area contributed by atoms with Gasteiger partial charge in [0.05, 0.1) is 5.56 Å². The van der Waals surface area contributed by atoms with Gasteiger partial charge in [0, 0.05) is 25.6 Å². The fraction of sp³-hybridized carbons (Fsp3) is 0.136. The van der Waals surface area contributed by atoms with Crippen molar-refractivity contribution in [1.82, 2.24) is 0 Å². The molecule has 3 rings (SSSR count). The lowest BCUT2D eigenvalue weighted by Crippen LogP contribution is -2.06. The van der Waals surface area contributed by atoms with Crippen LogP contribution in [0.4, 0.5) is 0 Å². The number of hydrogen-bond acceptors (Lipinski definition) is 3. The van der Waals surface area contributed by atoms with Gasteiger partial charge in [0.25, 0.3) is 0 Å². The van der Waals surface area contributed by atoms with Crippen LogP contribution < -0.4 is 9.47 Å². The summed E-state index contributed by atoms with van der Waals surface area (Å²) >= 11 is 15.9. The zero-order valence-corrected chi connectivity index (χ0v) is 18.1. The second-order valence-corrected chi connectivity index (χ2v) is 7.83. The van der Waals surface area contributed by atoms with Crippen LogP contribution in [0.5, 0.6) is 11.5 Å². The van der Waals surface area contributed by atoms with Crippen LogP contribution in [0.3, 0.4) is 0 Å². The first-order valence-electron chi connectivity index (χ1n) is 8.52. The summed E-state index contributed by atoms with van der Waals surface area (Å²) in [6.45, 7) is 1.95. The van der Waals surface area contributed by atoms with E-state index in [1.807, 2.05) is 36.4 Å². The third kappa shape index (κ3) is 5.07. The summed E-state index contributed by atoms with van der Waals surface area (Å²) in [4.78, 5) is 12.2. The van der Waals surface area contributed by atoms with Crippen molar-refractivity contribution < 1.29 is 14.3 Å². The number of halogens is 3. The largest absolute Gasteiger partial charge is 0.485 e. The van der Waals surface area contributed by atoms with Gasteiger partial charge in [0.15, 0.2) is 17.3 Å². The van der Waals surface area contributed by atoms with Gasteiger partial charge in [-0.1, -0.05) is 75.5 Å². The quantitative estimate of drug-likeness (QED) is 0.338. The second kappa shape index (κ2) is 9.46. The fourth-order valence-electron chi connectivity index (χ4n) is 2.62. The highest BCUT2D eigenvalue weighted by atomic mass is 79.9. The van der Waals surface area contributed by atoms with Crippen molar-refractivity contribution in [2.75, 3.05) is 0 Å². The van der Waals surface area contributed by atoms with Crippen molar-refractivity contribution in [2.45, 2.75) is 20.1 Å². The number of carbonyl (C=O) groups excluding carboxylic acids is 1. The van der Waals surface area contributed by atoms with Crippen LogP contribution in [0.25, 0.3) is 0 Å². The Balaban J connectivity index is 1.90. The van der Waals surface area contributed by atoms with E-state index >= 15 is 0 Å². The SMILES string of the molecule is CC(=O)c1cc(Br)cc(OCc2ccccc2Cl)c1OCc1ccccc1Cl. The molecule has 3 aromatic carbocycles. The smallest absolute Gasteiger partial charge is 0.172 e. The topological polar surface area (TPSA) is 35.5 Å². The van der Waals surface area contributed by atoms with Crippen molar-refractivity contribution in [3.63, 3.8) is 0 Å². The van der Waals surface area contributed by atoms with E-state index in [2.05, 4.69) is 15.9 Å². The van der Waals surface area contributed by atoms with Gasteiger partial charge in [-0.05, 0) is 31.2 Å². The molecule has 0 bridgehead atoms. The lowest BCUT2D eigenvalue weighted by molar-refractivity contribution is 0.101. The summed E-state index contributed by atoms with van der Waals surface area (Å²) < 4.78 is 12.7. The summed E-state index contributed by atoms with van der Waals surface area (Å²) in [7, 11) is 0. The molecule has 0 spiro atoms. The summed E-state index contributed by atoms with van der Waals surface area (Å²) in [5.74, 6) is 0.701. The van der Waals surface area contributed by atoms with Gasteiger partial charge < -0.3 is 9.47 Å². The first-order valence-corrected chi connectivity index (χ1v) is 10.1. The van der Waals surface area contributed by atoms with Crippen LogP contribution in [0.1, 0.15) is 28.4 Å². The Labute approximate surface area is 182 Å². The van der Waals surface area contributed by atoms with Crippen molar-refractivity contribution in [3.8, 4) is 11.5 Å². The molecule has 0 aliphatic carbocycles. The number of hydrogen-bond donors (Lipinski definition) is 0. The minimum Gasteiger partial charge on any atom is -0.485 e. The molecule has 3 nitrogen and oxygen atoms in total. The molecular formula is C22H17BrCl2O3. The average Bonchev–Trinajstić information content (AvgIpc) is 2.67. The second-order valence-electron chi connectivity index (χ2n) is 6.10. The maximum Gasteiger partial charge on any atom is 0.172 e. The van der Waals surface area contributed by atoms with Crippen molar-refractivity contribution in [1.29, 1.82) is 0 Å². The standard InChI is InChI=1S/C22H17BrCl2O3/c1-14(26)18-10-17(23)11-21(27-12-15-6-2-4-8-19(15)24)22(18)28-13-16-7-3-5-9-20(16)25/h2-11H,12-13H2,1H3. The zero-order valence-electron chi connectivity index (χ0n) is 15.0. The summed E-state index contributed by atoms with van der Waals surface area (Å²) in [5.41, 5.74) is 2.08. The molecule has 144 valence electrons. The molecule has 0 unspecified atom stereocenters. The van der Waals surface area contributed by atoms with E-state index in [4.69, 9.17) is 32.7 Å². The van der Waals surface area contributed by atoms with Gasteiger partial charge in [-0.2, -0.15) is 0 Å². The van der Waals surface area contributed by atoms with E-state index in [0.29, 0.717) is 27.1 Å². The molecule has 0 saturated heterocycles. The molecule has 6 heteroatoms. The molecule has 0 radical (unpaired) electrons. The molecule has 0 saturated carbocycles. The minimum atomic E-state index is -0.127. The molecule has 28 heavy (non-hydrogen) atoms. The number of ketones is 1. The molecule has 0 aliphatic rings. The van der Waals surface area contributed by atoms with Crippen molar-refractivity contribution in [2.24, 2.45) is 0 Å². The molecule has 0 atom stereocenters. The first-order chi connectivity index (χ1) is 13.5. The molecular weight excluding hydrogens is 463 g/mol. The van der Waals surface area contributed by atoms with Gasteiger partial charge in [-0.3, -0.25) is 4.79 Å². The summed E-state index contributed by atoms with van der Waals surface area (Å²) in [6, 6.07) is 18.3. The average molecular weight is 480 g/mol. The first kappa shape index (κ1) is 20.7. The fourth-order valence-corrected chi connectivity index (χ4v) is 3.44. The molecule has 0 aromatic heterocycles. The number of carbonyl (C=O) groups is 1. The Morgan fingerprint density at radius 3 is 1.96 bits per heavy atom. The van der Waals surface area contributed by atoms with Gasteiger partial charge in [-0.25, -0.2) is 0 Å². The van der Waals surface area contributed by atoms with Gasteiger partial charge in [-0.15, -0.1) is 0 Å². The Hall–Kier alpha value is -2.01. The number of rotatable bonds is 7. The summed E-state index contributed by atoms with van der Waals surface area (Å²) in [5, 5.41) is 1.21. The number of Topliss-reactive ketones (excluding diaryl/α,β-unsaturated/α-hetero) is 1. The lowest BCUT2D eigenvalue weighted by atomic mass is 10.1. The maximum absolute atomic E-state index is 12.2. The van der Waals surface area contributed by atoms with E-state index in [0.717, 1.165) is 15.6 Å². The van der Waals surface area contributed by atoms with E-state index < -0.39 is 0 Å². The minimum absolute atomic E-state index is 0.127. The highest BCUT2D eigenvalue weighted by molar-refractivity contribution is 9.10. The van der Waals surface area contributed by atoms with Crippen LogP contribution in [-0.2, 0) is 13.2 Å². The predicted octanol–water partition coefficient (Wildman–Crippen LogP) is 7.12. The van der Waals surface area contributed by atoms with E-state index in [-0.39, 0.29) is 19.0 Å². The molecule has 0 fully saturated rings. The number of ether oxygens (including phenoxy) is 2. The van der Waals surface area contributed by atoms with E-state index in [9.17, 15) is 4.79 Å². The Morgan fingerprint density at radius 1 is 0.893 bits per heavy atom. The highest BCUT2D eigenvalue weighted by Gasteiger charge is 2.18. The lowest BCUT2D eigenvalue weighted by Gasteiger charge is -2.17. The van der Waals surface area contributed by atoms with Crippen LogP contribution >= 0.6 is 39.1 Å². The third-order valence-corrected chi connectivity index (χ3v) is 5.27. The normalized spacial score (nSPS) is 10.6. The van der Waals surface area contributed by atoms with Gasteiger partial charge in [0.1, 0.15) is 13.2 Å². The van der Waals surface area contributed by atoms with Crippen LogP contribution in [0, 0.1) is 0 Å². The Morgan fingerprint density at radius 2 is 1.43 bits per heavy atom. The Bertz CT molecular complexity index is 1000.